The van der Waals surface area contributed by atoms with E-state index in [9.17, 15) is 4.79 Å². The monoisotopic (exact) mass is 285 g/mol. The van der Waals surface area contributed by atoms with Gasteiger partial charge in [-0.3, -0.25) is 9.69 Å². The third kappa shape index (κ3) is 2.31. The largest absolute Gasteiger partial charge is 0.503 e. The van der Waals surface area contributed by atoms with Crippen LogP contribution in [0.15, 0.2) is 35.4 Å². The third-order valence-corrected chi connectivity index (χ3v) is 3.71. The molecule has 1 aliphatic heterocycles. The van der Waals surface area contributed by atoms with Crippen LogP contribution in [0.1, 0.15) is 0 Å². The van der Waals surface area contributed by atoms with Gasteiger partial charge in [-0.05, 0) is 12.1 Å². The summed E-state index contributed by atoms with van der Waals surface area (Å²) in [6.07, 6.45) is 1.39. The zero-order valence-corrected chi connectivity index (χ0v) is 11.2. The summed E-state index contributed by atoms with van der Waals surface area (Å²) in [5.74, 6) is -0.213. The Kier molecular flexibility index (Phi) is 3.71. The molecule has 0 radical (unpaired) electrons. The van der Waals surface area contributed by atoms with E-state index in [2.05, 4.69) is 0 Å². The zero-order chi connectivity index (χ0) is 12.4. The highest BCUT2D eigenvalue weighted by atomic mass is 35.5. The standard InChI is InChI=1S/C11H8ClNO2S2/c1-15-6-9-10(14)13(11(16)17-9)8-5-3-2-4-7(8)12/h2-6H,1H3/b9-6+. The van der Waals surface area contributed by atoms with E-state index in [0.29, 0.717) is 19.9 Å². The minimum atomic E-state index is -0.213. The maximum Gasteiger partial charge on any atom is 0.273 e. The second-order valence-corrected chi connectivity index (χ2v) is 5.26. The smallest absolute Gasteiger partial charge is 0.273 e. The molecule has 0 aliphatic carbocycles. The van der Waals surface area contributed by atoms with E-state index in [0.717, 1.165) is 0 Å². The van der Waals surface area contributed by atoms with Gasteiger partial charge in [-0.1, -0.05) is 47.7 Å². The fourth-order valence-corrected chi connectivity index (χ4v) is 2.85. The van der Waals surface area contributed by atoms with Gasteiger partial charge in [0.05, 0.1) is 17.8 Å². The van der Waals surface area contributed by atoms with Crippen LogP contribution < -0.4 is 4.90 Å². The Morgan fingerprint density at radius 1 is 1.47 bits per heavy atom. The normalized spacial score (nSPS) is 18.0. The van der Waals surface area contributed by atoms with Crippen molar-refractivity contribution in [1.29, 1.82) is 0 Å². The van der Waals surface area contributed by atoms with Crippen LogP contribution in [0.3, 0.4) is 0 Å². The van der Waals surface area contributed by atoms with Gasteiger partial charge in [0.1, 0.15) is 11.2 Å². The van der Waals surface area contributed by atoms with Crippen molar-refractivity contribution in [3.8, 4) is 0 Å². The number of rotatable bonds is 2. The Hall–Kier alpha value is -1.04. The second kappa shape index (κ2) is 5.08. The van der Waals surface area contributed by atoms with Gasteiger partial charge in [-0.25, -0.2) is 0 Å². The maximum absolute atomic E-state index is 12.1. The Bertz CT molecular complexity index is 516. The molecular weight excluding hydrogens is 278 g/mol. The molecule has 1 aromatic carbocycles. The average Bonchev–Trinajstić information content (AvgIpc) is 2.57. The highest BCUT2D eigenvalue weighted by molar-refractivity contribution is 8.27. The first kappa shape index (κ1) is 12.4. The van der Waals surface area contributed by atoms with Gasteiger partial charge in [0, 0.05) is 0 Å². The number of nitrogens with zero attached hydrogens (tertiary/aromatic N) is 1. The molecule has 17 heavy (non-hydrogen) atoms. The van der Waals surface area contributed by atoms with Gasteiger partial charge in [0.15, 0.2) is 4.32 Å². The van der Waals surface area contributed by atoms with Gasteiger partial charge in [0.2, 0.25) is 0 Å². The van der Waals surface area contributed by atoms with Crippen LogP contribution in [0.2, 0.25) is 5.02 Å². The molecule has 0 unspecified atom stereocenters. The molecule has 6 heteroatoms. The Morgan fingerprint density at radius 3 is 2.82 bits per heavy atom. The summed E-state index contributed by atoms with van der Waals surface area (Å²) >= 11 is 12.4. The van der Waals surface area contributed by atoms with E-state index in [1.54, 1.807) is 24.3 Å². The number of hydrogen-bond donors (Lipinski definition) is 0. The molecule has 3 nitrogen and oxygen atoms in total. The highest BCUT2D eigenvalue weighted by Crippen LogP contribution is 2.37. The Morgan fingerprint density at radius 2 is 2.18 bits per heavy atom. The fraction of sp³-hybridized carbons (Fsp3) is 0.0909. The van der Waals surface area contributed by atoms with Gasteiger partial charge in [-0.2, -0.15) is 0 Å². The van der Waals surface area contributed by atoms with Crippen molar-refractivity contribution < 1.29 is 9.53 Å². The van der Waals surface area contributed by atoms with E-state index in [1.807, 2.05) is 0 Å². The van der Waals surface area contributed by atoms with Crippen molar-refractivity contribution in [2.75, 3.05) is 12.0 Å². The minimum absolute atomic E-state index is 0.213. The van der Waals surface area contributed by atoms with Gasteiger partial charge in [0.25, 0.3) is 5.91 Å². The number of para-hydroxylation sites is 1. The molecule has 2 rings (SSSR count). The number of thiocarbonyl (C=S) groups is 1. The number of ether oxygens (including phenoxy) is 1. The van der Waals surface area contributed by atoms with E-state index in [4.69, 9.17) is 28.6 Å². The molecule has 1 saturated heterocycles. The summed E-state index contributed by atoms with van der Waals surface area (Å²) in [5.41, 5.74) is 0.594. The lowest BCUT2D eigenvalue weighted by Gasteiger charge is -2.15. The average molecular weight is 286 g/mol. The number of carbonyl (C=O) groups is 1. The quantitative estimate of drug-likeness (QED) is 0.474. The summed E-state index contributed by atoms with van der Waals surface area (Å²) in [5, 5.41) is 0.488. The second-order valence-electron chi connectivity index (χ2n) is 3.18. The molecule has 0 spiro atoms. The van der Waals surface area contributed by atoms with Crippen molar-refractivity contribution in [2.45, 2.75) is 0 Å². The fourth-order valence-electron chi connectivity index (χ4n) is 1.40. The lowest BCUT2D eigenvalue weighted by Crippen LogP contribution is -2.27. The molecule has 0 bridgehead atoms. The number of benzene rings is 1. The SMILES string of the molecule is CO/C=C1/SC(=S)N(c2ccccc2Cl)C1=O. The van der Waals surface area contributed by atoms with Gasteiger partial charge in [-0.15, -0.1) is 0 Å². The topological polar surface area (TPSA) is 29.5 Å². The molecule has 0 aromatic heterocycles. The summed E-state index contributed by atoms with van der Waals surface area (Å²) in [6.45, 7) is 0. The molecule has 88 valence electrons. The number of hydrogen-bond acceptors (Lipinski definition) is 4. The predicted octanol–water partition coefficient (Wildman–Crippen LogP) is 3.19. The first-order valence-electron chi connectivity index (χ1n) is 4.69. The van der Waals surface area contributed by atoms with Crippen LogP contribution in [-0.4, -0.2) is 17.3 Å². The molecule has 1 amide bonds. The zero-order valence-electron chi connectivity index (χ0n) is 8.84. The number of anilines is 1. The number of thioether (sulfide) groups is 1. The molecule has 0 saturated carbocycles. The highest BCUT2D eigenvalue weighted by Gasteiger charge is 2.34. The molecule has 1 aromatic rings. The molecule has 0 atom stereocenters. The molecule has 1 fully saturated rings. The van der Waals surface area contributed by atoms with Crippen LogP contribution >= 0.6 is 35.6 Å². The van der Waals surface area contributed by atoms with Crippen molar-refractivity contribution in [3.63, 3.8) is 0 Å². The van der Waals surface area contributed by atoms with E-state index in [1.165, 1.54) is 30.0 Å². The Labute approximate surface area is 113 Å². The van der Waals surface area contributed by atoms with E-state index >= 15 is 0 Å². The lowest BCUT2D eigenvalue weighted by molar-refractivity contribution is -0.113. The molecule has 1 aliphatic rings. The van der Waals surface area contributed by atoms with Crippen LogP contribution in [0, 0.1) is 0 Å². The number of methoxy groups -OCH3 is 1. The first-order valence-corrected chi connectivity index (χ1v) is 6.29. The van der Waals surface area contributed by atoms with Crippen molar-refractivity contribution in [2.24, 2.45) is 0 Å². The number of halogens is 1. The summed E-state index contributed by atoms with van der Waals surface area (Å²) < 4.78 is 5.29. The van der Waals surface area contributed by atoms with Crippen LogP contribution in [-0.2, 0) is 9.53 Å². The van der Waals surface area contributed by atoms with Crippen molar-refractivity contribution >= 4 is 51.5 Å². The summed E-state index contributed by atoms with van der Waals surface area (Å²) in [4.78, 5) is 13.9. The van der Waals surface area contributed by atoms with Crippen molar-refractivity contribution in [1.82, 2.24) is 0 Å². The molecular formula is C11H8ClNO2S2. The Balaban J connectivity index is 2.41. The number of carbonyl (C=O) groups excluding carboxylic acids is 1. The van der Waals surface area contributed by atoms with E-state index in [-0.39, 0.29) is 5.91 Å². The minimum Gasteiger partial charge on any atom is -0.503 e. The molecule has 1 heterocycles. The lowest BCUT2D eigenvalue weighted by atomic mass is 10.3. The van der Waals surface area contributed by atoms with Crippen molar-refractivity contribution in [3.05, 3.63) is 40.5 Å². The first-order chi connectivity index (χ1) is 8.15. The number of amides is 1. The van der Waals surface area contributed by atoms with E-state index < -0.39 is 0 Å². The van der Waals surface area contributed by atoms with Crippen LogP contribution in [0.25, 0.3) is 0 Å². The third-order valence-electron chi connectivity index (χ3n) is 2.11. The van der Waals surface area contributed by atoms with Gasteiger partial charge < -0.3 is 4.74 Å². The van der Waals surface area contributed by atoms with Crippen LogP contribution in [0.5, 0.6) is 0 Å². The maximum atomic E-state index is 12.1. The van der Waals surface area contributed by atoms with Gasteiger partial charge >= 0.3 is 0 Å². The summed E-state index contributed by atoms with van der Waals surface area (Å²) in [6, 6.07) is 7.08. The summed E-state index contributed by atoms with van der Waals surface area (Å²) in [7, 11) is 1.49. The molecule has 0 N–H and O–H groups in total. The predicted molar refractivity (Wildman–Crippen MR) is 74.2 cm³/mol. The van der Waals surface area contributed by atoms with Crippen LogP contribution in [0.4, 0.5) is 5.69 Å².